The Morgan fingerprint density at radius 2 is 2.20 bits per heavy atom. The number of anilines is 2. The predicted octanol–water partition coefficient (Wildman–Crippen LogP) is 3.01. The molecule has 15 heavy (non-hydrogen) atoms. The highest BCUT2D eigenvalue weighted by atomic mass is 19.1. The molecule has 0 aromatic heterocycles. The summed E-state index contributed by atoms with van der Waals surface area (Å²) in [6.07, 6.45) is 5.13. The van der Waals surface area contributed by atoms with Gasteiger partial charge in [-0.05, 0) is 24.5 Å². The predicted molar refractivity (Wildman–Crippen MR) is 61.3 cm³/mol. The summed E-state index contributed by atoms with van der Waals surface area (Å²) in [5.41, 5.74) is 6.63. The van der Waals surface area contributed by atoms with E-state index in [0.717, 1.165) is 18.9 Å². The van der Waals surface area contributed by atoms with Crippen LogP contribution in [0.1, 0.15) is 25.7 Å². The molecule has 0 amide bonds. The van der Waals surface area contributed by atoms with Gasteiger partial charge in [-0.15, -0.1) is 0 Å². The molecule has 1 aromatic carbocycles. The van der Waals surface area contributed by atoms with Gasteiger partial charge in [0.15, 0.2) is 0 Å². The van der Waals surface area contributed by atoms with Gasteiger partial charge in [0.05, 0.1) is 11.4 Å². The van der Waals surface area contributed by atoms with Gasteiger partial charge in [-0.25, -0.2) is 4.39 Å². The number of hydrogen-bond donors (Lipinski definition) is 2. The molecule has 0 spiro atoms. The van der Waals surface area contributed by atoms with Crippen molar-refractivity contribution in [1.82, 2.24) is 0 Å². The van der Waals surface area contributed by atoms with Crippen LogP contribution in [0.25, 0.3) is 0 Å². The lowest BCUT2D eigenvalue weighted by atomic mass is 9.83. The van der Waals surface area contributed by atoms with Gasteiger partial charge in [0.1, 0.15) is 5.82 Å². The highest BCUT2D eigenvalue weighted by Crippen LogP contribution is 2.29. The lowest BCUT2D eigenvalue weighted by Crippen LogP contribution is -2.16. The van der Waals surface area contributed by atoms with Crippen LogP contribution in [0.3, 0.4) is 0 Å². The number of nitrogen functional groups attached to an aromatic ring is 1. The number of nitrogens with one attached hydrogen (secondary N) is 1. The fourth-order valence-corrected chi connectivity index (χ4v) is 1.91. The average molecular weight is 208 g/mol. The minimum absolute atomic E-state index is 0.261. The maximum Gasteiger partial charge on any atom is 0.148 e. The monoisotopic (exact) mass is 208 g/mol. The van der Waals surface area contributed by atoms with Crippen molar-refractivity contribution >= 4 is 11.4 Å². The van der Waals surface area contributed by atoms with Crippen molar-refractivity contribution in [2.45, 2.75) is 25.7 Å². The zero-order valence-electron chi connectivity index (χ0n) is 8.80. The lowest BCUT2D eigenvalue weighted by molar-refractivity contribution is 0.303. The van der Waals surface area contributed by atoms with E-state index < -0.39 is 0 Å². The van der Waals surface area contributed by atoms with E-state index in [2.05, 4.69) is 5.32 Å². The van der Waals surface area contributed by atoms with Crippen molar-refractivity contribution < 1.29 is 4.39 Å². The van der Waals surface area contributed by atoms with Gasteiger partial charge in [0, 0.05) is 6.54 Å². The first-order chi connectivity index (χ1) is 7.27. The number of benzene rings is 1. The maximum absolute atomic E-state index is 13.3. The van der Waals surface area contributed by atoms with Crippen molar-refractivity contribution in [2.75, 3.05) is 17.6 Å². The highest BCUT2D eigenvalue weighted by molar-refractivity contribution is 5.66. The van der Waals surface area contributed by atoms with Gasteiger partial charge in [0.25, 0.3) is 0 Å². The molecule has 0 bridgehead atoms. The molecule has 1 aliphatic rings. The van der Waals surface area contributed by atoms with E-state index in [0.29, 0.717) is 11.4 Å². The van der Waals surface area contributed by atoms with E-state index >= 15 is 0 Å². The topological polar surface area (TPSA) is 38.0 Å². The van der Waals surface area contributed by atoms with Crippen LogP contribution in [0, 0.1) is 11.7 Å². The molecular weight excluding hydrogens is 191 g/mol. The van der Waals surface area contributed by atoms with Gasteiger partial charge in [0.2, 0.25) is 0 Å². The second-order valence-corrected chi connectivity index (χ2v) is 4.22. The Labute approximate surface area is 89.7 Å². The number of rotatable bonds is 4. The molecule has 1 aliphatic carbocycles. The molecule has 0 unspecified atom stereocenters. The molecule has 3 N–H and O–H groups in total. The number of hydrogen-bond acceptors (Lipinski definition) is 2. The Hall–Kier alpha value is -1.25. The minimum atomic E-state index is -0.261. The van der Waals surface area contributed by atoms with E-state index in [1.807, 2.05) is 0 Å². The Bertz CT molecular complexity index is 314. The molecule has 2 rings (SSSR count). The van der Waals surface area contributed by atoms with Crippen LogP contribution in [-0.4, -0.2) is 6.54 Å². The van der Waals surface area contributed by atoms with Gasteiger partial charge in [-0.3, -0.25) is 0 Å². The first kappa shape index (κ1) is 10.3. The van der Waals surface area contributed by atoms with Crippen LogP contribution in [0.4, 0.5) is 15.8 Å². The van der Waals surface area contributed by atoms with E-state index in [1.54, 1.807) is 12.1 Å². The summed E-state index contributed by atoms with van der Waals surface area (Å²) in [5, 5.41) is 3.08. The molecule has 2 nitrogen and oxygen atoms in total. The summed E-state index contributed by atoms with van der Waals surface area (Å²) in [7, 11) is 0. The van der Waals surface area contributed by atoms with Gasteiger partial charge >= 0.3 is 0 Å². The summed E-state index contributed by atoms with van der Waals surface area (Å²) >= 11 is 0. The summed E-state index contributed by atoms with van der Waals surface area (Å²) in [6, 6.07) is 4.78. The fourth-order valence-electron chi connectivity index (χ4n) is 1.91. The minimum Gasteiger partial charge on any atom is -0.397 e. The van der Waals surface area contributed by atoms with Crippen molar-refractivity contribution in [1.29, 1.82) is 0 Å². The van der Waals surface area contributed by atoms with Crippen LogP contribution in [0.15, 0.2) is 18.2 Å². The normalized spacial score (nSPS) is 16.1. The van der Waals surface area contributed by atoms with Crippen LogP contribution >= 0.6 is 0 Å². The van der Waals surface area contributed by atoms with Crippen LogP contribution in [0.5, 0.6) is 0 Å². The smallest absolute Gasteiger partial charge is 0.148 e. The third-order valence-corrected chi connectivity index (χ3v) is 3.12. The number of para-hydroxylation sites is 1. The average Bonchev–Trinajstić information content (AvgIpc) is 2.13. The third-order valence-electron chi connectivity index (χ3n) is 3.12. The molecule has 1 saturated carbocycles. The zero-order chi connectivity index (χ0) is 10.7. The van der Waals surface area contributed by atoms with Crippen LogP contribution in [-0.2, 0) is 0 Å². The van der Waals surface area contributed by atoms with E-state index in [-0.39, 0.29) is 5.82 Å². The molecule has 82 valence electrons. The first-order valence-electron chi connectivity index (χ1n) is 5.55. The second-order valence-electron chi connectivity index (χ2n) is 4.22. The summed E-state index contributed by atoms with van der Waals surface area (Å²) in [6.45, 7) is 0.815. The quantitative estimate of drug-likeness (QED) is 0.746. The second kappa shape index (κ2) is 4.51. The van der Waals surface area contributed by atoms with Gasteiger partial charge < -0.3 is 11.1 Å². The molecule has 0 radical (unpaired) electrons. The van der Waals surface area contributed by atoms with E-state index in [9.17, 15) is 4.39 Å². The van der Waals surface area contributed by atoms with Crippen LogP contribution < -0.4 is 11.1 Å². The van der Waals surface area contributed by atoms with Crippen molar-refractivity contribution in [3.05, 3.63) is 24.0 Å². The molecule has 0 saturated heterocycles. The van der Waals surface area contributed by atoms with Crippen LogP contribution in [0.2, 0.25) is 0 Å². The SMILES string of the molecule is Nc1cccc(F)c1NCCC1CCC1. The summed E-state index contributed by atoms with van der Waals surface area (Å²) < 4.78 is 13.3. The molecule has 0 atom stereocenters. The number of nitrogens with two attached hydrogens (primary N) is 1. The summed E-state index contributed by atoms with van der Waals surface area (Å²) in [4.78, 5) is 0. The lowest BCUT2D eigenvalue weighted by Gasteiger charge is -2.25. The highest BCUT2D eigenvalue weighted by Gasteiger charge is 2.16. The molecule has 0 heterocycles. The number of halogens is 1. The Morgan fingerprint density at radius 3 is 2.80 bits per heavy atom. The van der Waals surface area contributed by atoms with Crippen molar-refractivity contribution in [3.63, 3.8) is 0 Å². The fraction of sp³-hybridized carbons (Fsp3) is 0.500. The molecule has 0 aliphatic heterocycles. The summed E-state index contributed by atoms with van der Waals surface area (Å²) in [5.74, 6) is 0.578. The van der Waals surface area contributed by atoms with Gasteiger partial charge in [-0.1, -0.05) is 25.3 Å². The van der Waals surface area contributed by atoms with Crippen molar-refractivity contribution in [3.8, 4) is 0 Å². The standard InChI is InChI=1S/C12H17FN2/c13-10-5-2-6-11(14)12(10)15-8-7-9-3-1-4-9/h2,5-6,9,15H,1,3-4,7-8,14H2. The largest absolute Gasteiger partial charge is 0.397 e. The molecule has 1 fully saturated rings. The van der Waals surface area contributed by atoms with Crippen molar-refractivity contribution in [2.24, 2.45) is 5.92 Å². The zero-order valence-corrected chi connectivity index (χ0v) is 8.80. The Kier molecular flexibility index (Phi) is 3.09. The molecular formula is C12H17FN2. The Morgan fingerprint density at radius 1 is 1.40 bits per heavy atom. The third kappa shape index (κ3) is 2.41. The molecule has 3 heteroatoms. The Balaban J connectivity index is 1.86. The molecule has 1 aromatic rings. The van der Waals surface area contributed by atoms with Gasteiger partial charge in [-0.2, -0.15) is 0 Å². The first-order valence-corrected chi connectivity index (χ1v) is 5.55. The van der Waals surface area contributed by atoms with E-state index in [1.165, 1.54) is 25.3 Å². The van der Waals surface area contributed by atoms with E-state index in [4.69, 9.17) is 5.73 Å². The maximum atomic E-state index is 13.3.